The number of anilines is 1. The summed E-state index contributed by atoms with van der Waals surface area (Å²) in [5.41, 5.74) is 5.42. The van der Waals surface area contributed by atoms with Crippen molar-refractivity contribution in [2.24, 2.45) is 0 Å². The fraction of sp³-hybridized carbons (Fsp3) is 0.0833. The van der Waals surface area contributed by atoms with E-state index in [1.165, 1.54) is 12.1 Å². The van der Waals surface area contributed by atoms with Crippen molar-refractivity contribution in [3.05, 3.63) is 106 Å². The van der Waals surface area contributed by atoms with Crippen molar-refractivity contribution >= 4 is 23.2 Å². The highest BCUT2D eigenvalue weighted by Gasteiger charge is 2.43. The highest BCUT2D eigenvalue weighted by molar-refractivity contribution is 6.30. The third-order valence-corrected chi connectivity index (χ3v) is 5.64. The Morgan fingerprint density at radius 2 is 1.63 bits per heavy atom. The van der Waals surface area contributed by atoms with Crippen LogP contribution in [0.4, 0.5) is 10.1 Å². The Bertz CT molecular complexity index is 1230. The lowest BCUT2D eigenvalue weighted by Gasteiger charge is -2.26. The quantitative estimate of drug-likeness (QED) is 0.449. The van der Waals surface area contributed by atoms with Crippen molar-refractivity contribution in [3.8, 4) is 11.3 Å². The van der Waals surface area contributed by atoms with Crippen LogP contribution >= 0.6 is 11.6 Å². The first-order valence-corrected chi connectivity index (χ1v) is 9.90. The highest BCUT2D eigenvalue weighted by Crippen LogP contribution is 2.45. The lowest BCUT2D eigenvalue weighted by Crippen LogP contribution is -2.29. The molecule has 3 aromatic carbocycles. The minimum Gasteiger partial charge on any atom is -0.295 e. The number of nitrogens with zero attached hydrogens (tertiary/aromatic N) is 2. The zero-order chi connectivity index (χ0) is 20.8. The second-order valence-electron chi connectivity index (χ2n) is 7.33. The molecular weight excluding hydrogens is 401 g/mol. The van der Waals surface area contributed by atoms with E-state index >= 15 is 0 Å². The second-order valence-corrected chi connectivity index (χ2v) is 7.77. The van der Waals surface area contributed by atoms with E-state index in [9.17, 15) is 9.18 Å². The van der Waals surface area contributed by atoms with Crippen LogP contribution in [0.25, 0.3) is 11.3 Å². The van der Waals surface area contributed by atoms with Crippen molar-refractivity contribution < 1.29 is 9.18 Å². The number of carbonyl (C=O) groups excluding carboxylic acids is 1. The Balaban J connectivity index is 1.71. The van der Waals surface area contributed by atoms with Crippen LogP contribution in [0.15, 0.2) is 72.8 Å². The predicted molar refractivity (Wildman–Crippen MR) is 115 cm³/mol. The molecule has 0 saturated carbocycles. The molecule has 0 spiro atoms. The lowest BCUT2D eigenvalue weighted by molar-refractivity contribution is 0.0989. The van der Waals surface area contributed by atoms with Crippen LogP contribution in [0.3, 0.4) is 0 Å². The van der Waals surface area contributed by atoms with Crippen LogP contribution in [0.2, 0.25) is 5.02 Å². The summed E-state index contributed by atoms with van der Waals surface area (Å²) in [4.78, 5) is 15.1. The molecule has 1 amide bonds. The molecule has 1 aliphatic rings. The van der Waals surface area contributed by atoms with E-state index in [1.807, 2.05) is 43.3 Å². The summed E-state index contributed by atoms with van der Waals surface area (Å²) in [6.45, 7) is 2.00. The zero-order valence-corrected chi connectivity index (χ0v) is 16.8. The molecule has 30 heavy (non-hydrogen) atoms. The van der Waals surface area contributed by atoms with E-state index < -0.39 is 6.04 Å². The maximum Gasteiger partial charge on any atom is 0.277 e. The molecule has 1 aromatic heterocycles. The molecule has 0 bridgehead atoms. The number of fused-ring (bicyclic) bond motifs is 1. The number of hydrogen-bond acceptors (Lipinski definition) is 2. The molecule has 2 heterocycles. The molecule has 5 rings (SSSR count). The van der Waals surface area contributed by atoms with Gasteiger partial charge < -0.3 is 0 Å². The molecule has 0 fully saturated rings. The molecule has 0 saturated heterocycles. The molecule has 1 aliphatic heterocycles. The second kappa shape index (κ2) is 7.11. The smallest absolute Gasteiger partial charge is 0.277 e. The number of benzene rings is 3. The molecular formula is C24H17ClFN3O. The average molecular weight is 418 g/mol. The predicted octanol–water partition coefficient (Wildman–Crippen LogP) is 5.93. The van der Waals surface area contributed by atoms with Crippen molar-refractivity contribution in [2.45, 2.75) is 13.0 Å². The number of H-pyrrole nitrogens is 1. The van der Waals surface area contributed by atoms with Gasteiger partial charge in [-0.3, -0.25) is 14.8 Å². The standard InChI is InChI=1S/C24H17ClFN3O/c1-14-2-12-19(13-3-14)29-23(16-6-10-18(26)11-7-16)20-21(27-28-22(20)24(29)30)15-4-8-17(25)9-5-15/h2-13,23H,1H3,(H,27,28)/t23-/m0/s1. The maximum atomic E-state index is 13.6. The number of carbonyl (C=O) groups is 1. The van der Waals surface area contributed by atoms with Gasteiger partial charge in [0.15, 0.2) is 0 Å². The number of aromatic amines is 1. The first kappa shape index (κ1) is 18.6. The van der Waals surface area contributed by atoms with Gasteiger partial charge in [-0.1, -0.05) is 53.6 Å². The first-order chi connectivity index (χ1) is 14.5. The Labute approximate surface area is 177 Å². The van der Waals surface area contributed by atoms with Gasteiger partial charge in [-0.25, -0.2) is 4.39 Å². The van der Waals surface area contributed by atoms with E-state index in [-0.39, 0.29) is 11.7 Å². The van der Waals surface area contributed by atoms with Gasteiger partial charge in [0, 0.05) is 21.8 Å². The summed E-state index contributed by atoms with van der Waals surface area (Å²) in [6.07, 6.45) is 0. The van der Waals surface area contributed by atoms with Crippen molar-refractivity contribution in [1.82, 2.24) is 10.2 Å². The number of hydrogen-bond donors (Lipinski definition) is 1. The van der Waals surface area contributed by atoms with Crippen molar-refractivity contribution in [1.29, 1.82) is 0 Å². The van der Waals surface area contributed by atoms with Crippen LogP contribution in [-0.2, 0) is 0 Å². The zero-order valence-electron chi connectivity index (χ0n) is 16.1. The normalized spacial score (nSPS) is 15.5. The maximum absolute atomic E-state index is 13.6. The number of halogens is 2. The van der Waals surface area contributed by atoms with Crippen LogP contribution in [0.1, 0.15) is 33.2 Å². The van der Waals surface area contributed by atoms with Crippen LogP contribution in [0, 0.1) is 12.7 Å². The highest BCUT2D eigenvalue weighted by atomic mass is 35.5. The summed E-state index contributed by atoms with van der Waals surface area (Å²) < 4.78 is 13.6. The summed E-state index contributed by atoms with van der Waals surface area (Å²) in [5, 5.41) is 7.98. The van der Waals surface area contributed by atoms with E-state index in [0.717, 1.165) is 27.9 Å². The molecule has 148 valence electrons. The van der Waals surface area contributed by atoms with Crippen LogP contribution in [-0.4, -0.2) is 16.1 Å². The van der Waals surface area contributed by atoms with E-state index in [2.05, 4.69) is 10.2 Å². The van der Waals surface area contributed by atoms with Gasteiger partial charge in [-0.05, 0) is 48.9 Å². The minimum atomic E-state index is -0.430. The summed E-state index contributed by atoms with van der Waals surface area (Å²) in [7, 11) is 0. The third kappa shape index (κ3) is 2.99. The number of aromatic nitrogens is 2. The molecule has 4 aromatic rings. The topological polar surface area (TPSA) is 49.0 Å². The van der Waals surface area contributed by atoms with Gasteiger partial charge in [-0.15, -0.1) is 0 Å². The molecule has 0 unspecified atom stereocenters. The lowest BCUT2D eigenvalue weighted by atomic mass is 9.96. The average Bonchev–Trinajstić information content (AvgIpc) is 3.29. The van der Waals surface area contributed by atoms with E-state index in [4.69, 9.17) is 11.6 Å². The van der Waals surface area contributed by atoms with Gasteiger partial charge in [0.25, 0.3) is 5.91 Å². The number of rotatable bonds is 3. The third-order valence-electron chi connectivity index (χ3n) is 5.38. The Hall–Kier alpha value is -3.44. The van der Waals surface area contributed by atoms with Crippen LogP contribution < -0.4 is 4.90 Å². The molecule has 0 aliphatic carbocycles. The van der Waals surface area contributed by atoms with E-state index in [0.29, 0.717) is 16.4 Å². The molecule has 1 N–H and O–H groups in total. The monoisotopic (exact) mass is 417 g/mol. The van der Waals surface area contributed by atoms with Gasteiger partial charge in [0.05, 0.1) is 11.7 Å². The molecule has 0 radical (unpaired) electrons. The Kier molecular flexibility index (Phi) is 4.40. The van der Waals surface area contributed by atoms with Crippen LogP contribution in [0.5, 0.6) is 0 Å². The number of amides is 1. The van der Waals surface area contributed by atoms with Gasteiger partial charge in [0.2, 0.25) is 0 Å². The SMILES string of the molecule is Cc1ccc(N2C(=O)c3[nH]nc(-c4ccc(Cl)cc4)c3[C@@H]2c2ccc(F)cc2)cc1. The fourth-order valence-electron chi connectivity index (χ4n) is 3.91. The van der Waals surface area contributed by atoms with Crippen molar-refractivity contribution in [3.63, 3.8) is 0 Å². The van der Waals surface area contributed by atoms with Gasteiger partial charge in [0.1, 0.15) is 11.5 Å². The summed E-state index contributed by atoms with van der Waals surface area (Å²) in [6, 6.07) is 20.9. The van der Waals surface area contributed by atoms with Crippen molar-refractivity contribution in [2.75, 3.05) is 4.90 Å². The first-order valence-electron chi connectivity index (χ1n) is 9.53. The Morgan fingerprint density at radius 1 is 0.967 bits per heavy atom. The fourth-order valence-corrected chi connectivity index (χ4v) is 4.03. The van der Waals surface area contributed by atoms with Gasteiger partial charge in [-0.2, -0.15) is 5.10 Å². The number of aryl methyl sites for hydroxylation is 1. The molecule has 6 heteroatoms. The number of nitrogens with one attached hydrogen (secondary N) is 1. The van der Waals surface area contributed by atoms with Gasteiger partial charge >= 0.3 is 0 Å². The van der Waals surface area contributed by atoms with E-state index in [1.54, 1.807) is 29.2 Å². The largest absolute Gasteiger partial charge is 0.295 e. The summed E-state index contributed by atoms with van der Waals surface area (Å²) >= 11 is 6.04. The molecule has 4 nitrogen and oxygen atoms in total. The minimum absolute atomic E-state index is 0.170. The molecule has 1 atom stereocenters. The Morgan fingerprint density at radius 3 is 2.30 bits per heavy atom. The summed E-state index contributed by atoms with van der Waals surface area (Å²) in [5.74, 6) is -0.494.